The van der Waals surface area contributed by atoms with E-state index in [0.29, 0.717) is 27.7 Å². The zero-order chi connectivity index (χ0) is 19.0. The van der Waals surface area contributed by atoms with Crippen LogP contribution in [-0.2, 0) is 6.42 Å². The van der Waals surface area contributed by atoms with E-state index in [1.54, 1.807) is 24.4 Å². The van der Waals surface area contributed by atoms with Crippen LogP contribution in [0, 0.1) is 5.92 Å². The highest BCUT2D eigenvalue weighted by Gasteiger charge is 2.19. The zero-order valence-corrected chi connectivity index (χ0v) is 16.0. The van der Waals surface area contributed by atoms with E-state index in [-0.39, 0.29) is 5.56 Å². The maximum atomic E-state index is 12.8. The number of hydrogen-bond acceptors (Lipinski definition) is 5. The Hall–Kier alpha value is -2.44. The average molecular weight is 384 g/mol. The number of nitrogens with zero attached hydrogens (tertiary/aromatic N) is 4. The molecule has 1 aliphatic heterocycles. The maximum absolute atomic E-state index is 12.8. The molecular weight excluding hydrogens is 362 g/mol. The van der Waals surface area contributed by atoms with Gasteiger partial charge in [-0.3, -0.25) is 4.79 Å². The van der Waals surface area contributed by atoms with Crippen LogP contribution in [0.2, 0.25) is 5.02 Å². The predicted octanol–water partition coefficient (Wildman–Crippen LogP) is 2.71. The molecule has 6 nitrogen and oxygen atoms in total. The van der Waals surface area contributed by atoms with Gasteiger partial charge in [0.2, 0.25) is 0 Å². The molecule has 0 amide bonds. The molecule has 3 aromatic rings. The van der Waals surface area contributed by atoms with Crippen LogP contribution in [0.25, 0.3) is 22.2 Å². The summed E-state index contributed by atoms with van der Waals surface area (Å²) in [5.74, 6) is 7.40. The number of benzene rings is 1. The van der Waals surface area contributed by atoms with Gasteiger partial charge >= 0.3 is 0 Å². The van der Waals surface area contributed by atoms with Crippen molar-refractivity contribution in [2.75, 3.05) is 26.0 Å². The highest BCUT2D eigenvalue weighted by atomic mass is 35.5. The lowest BCUT2D eigenvalue weighted by Gasteiger charge is -2.28. The van der Waals surface area contributed by atoms with Crippen LogP contribution in [0.1, 0.15) is 18.7 Å². The lowest BCUT2D eigenvalue weighted by Crippen LogP contribution is -2.31. The highest BCUT2D eigenvalue weighted by molar-refractivity contribution is 6.33. The fourth-order valence-electron chi connectivity index (χ4n) is 3.65. The van der Waals surface area contributed by atoms with Crippen molar-refractivity contribution in [1.82, 2.24) is 19.5 Å². The fourth-order valence-corrected chi connectivity index (χ4v) is 3.89. The monoisotopic (exact) mass is 383 g/mol. The molecule has 3 heterocycles. The maximum Gasteiger partial charge on any atom is 0.278 e. The van der Waals surface area contributed by atoms with Gasteiger partial charge in [0.15, 0.2) is 5.65 Å². The molecule has 27 heavy (non-hydrogen) atoms. The molecule has 0 bridgehead atoms. The number of aromatic nitrogens is 3. The second-order valence-corrected chi connectivity index (χ2v) is 7.64. The molecule has 2 aromatic heterocycles. The topological polar surface area (TPSA) is 77.0 Å². The summed E-state index contributed by atoms with van der Waals surface area (Å²) < 4.78 is 1.10. The number of halogens is 1. The van der Waals surface area contributed by atoms with Crippen molar-refractivity contribution in [3.05, 3.63) is 57.7 Å². The minimum absolute atomic E-state index is 0.320. The molecule has 1 fully saturated rings. The summed E-state index contributed by atoms with van der Waals surface area (Å²) in [6, 6.07) is 8.99. The number of hydrogen-bond donors (Lipinski definition) is 1. The van der Waals surface area contributed by atoms with Crippen molar-refractivity contribution in [2.45, 2.75) is 19.3 Å². The number of likely N-dealkylation sites (tertiary alicyclic amines) is 1. The number of rotatable bonds is 3. The third-order valence-electron chi connectivity index (χ3n) is 5.30. The Morgan fingerprint density at radius 3 is 2.70 bits per heavy atom. The summed E-state index contributed by atoms with van der Waals surface area (Å²) in [4.78, 5) is 24.2. The van der Waals surface area contributed by atoms with E-state index in [9.17, 15) is 4.79 Å². The molecule has 0 atom stereocenters. The normalized spacial score (nSPS) is 16.1. The standard InChI is InChI=1S/C20H22ClN5O/c1-25-8-6-13(7-9-25)10-18-23-12-14-11-16(15-4-2-3-5-17(15)21)20(27)26(22)19(14)24-18/h2-5,11-13H,6-10,22H2,1H3. The van der Waals surface area contributed by atoms with Crippen LogP contribution in [-0.4, -0.2) is 39.7 Å². The lowest BCUT2D eigenvalue weighted by atomic mass is 9.93. The van der Waals surface area contributed by atoms with Gasteiger partial charge in [-0.2, -0.15) is 0 Å². The molecular formula is C20H22ClN5O. The molecule has 1 aliphatic rings. The van der Waals surface area contributed by atoms with Crippen molar-refractivity contribution in [2.24, 2.45) is 5.92 Å². The van der Waals surface area contributed by atoms with Gasteiger partial charge in [0.25, 0.3) is 5.56 Å². The van der Waals surface area contributed by atoms with Gasteiger partial charge in [0.1, 0.15) is 5.82 Å². The van der Waals surface area contributed by atoms with E-state index >= 15 is 0 Å². The molecule has 2 N–H and O–H groups in total. The van der Waals surface area contributed by atoms with E-state index in [1.165, 1.54) is 0 Å². The largest absolute Gasteiger partial charge is 0.334 e. The second kappa shape index (κ2) is 7.29. The van der Waals surface area contributed by atoms with Crippen LogP contribution in [0.3, 0.4) is 0 Å². The van der Waals surface area contributed by atoms with Crippen LogP contribution in [0.5, 0.6) is 0 Å². The third-order valence-corrected chi connectivity index (χ3v) is 5.63. The van der Waals surface area contributed by atoms with Crippen molar-refractivity contribution >= 4 is 22.6 Å². The molecule has 0 spiro atoms. The first kappa shape index (κ1) is 17.9. The Kier molecular flexibility index (Phi) is 4.85. The van der Waals surface area contributed by atoms with Gasteiger partial charge in [-0.05, 0) is 51.0 Å². The molecule has 1 aromatic carbocycles. The van der Waals surface area contributed by atoms with E-state index in [2.05, 4.69) is 21.9 Å². The zero-order valence-electron chi connectivity index (χ0n) is 15.2. The Balaban J connectivity index is 1.71. The summed E-state index contributed by atoms with van der Waals surface area (Å²) in [5, 5.41) is 1.23. The minimum Gasteiger partial charge on any atom is -0.334 e. The summed E-state index contributed by atoms with van der Waals surface area (Å²) in [7, 11) is 2.15. The molecule has 140 valence electrons. The molecule has 4 rings (SSSR count). The number of piperidine rings is 1. The first-order valence-corrected chi connectivity index (χ1v) is 9.51. The average Bonchev–Trinajstić information content (AvgIpc) is 2.67. The summed E-state index contributed by atoms with van der Waals surface area (Å²) in [5.41, 5.74) is 1.23. The Bertz CT molecular complexity index is 1040. The quantitative estimate of drug-likeness (QED) is 0.703. The van der Waals surface area contributed by atoms with E-state index in [0.717, 1.165) is 48.2 Å². The smallest absolute Gasteiger partial charge is 0.278 e. The first-order chi connectivity index (χ1) is 13.0. The van der Waals surface area contributed by atoms with Gasteiger partial charge in [-0.15, -0.1) is 0 Å². The second-order valence-electron chi connectivity index (χ2n) is 7.23. The number of pyridine rings is 1. The molecule has 7 heteroatoms. The van der Waals surface area contributed by atoms with Crippen LogP contribution in [0.4, 0.5) is 0 Å². The highest BCUT2D eigenvalue weighted by Crippen LogP contribution is 2.27. The van der Waals surface area contributed by atoms with Crippen LogP contribution >= 0.6 is 11.6 Å². The number of nitrogen functional groups attached to an aromatic ring is 1. The van der Waals surface area contributed by atoms with Gasteiger partial charge in [0.05, 0.1) is 5.56 Å². The minimum atomic E-state index is -0.320. The van der Waals surface area contributed by atoms with Crippen molar-refractivity contribution in [3.8, 4) is 11.1 Å². The molecule has 0 unspecified atom stereocenters. The van der Waals surface area contributed by atoms with Crippen LogP contribution < -0.4 is 11.4 Å². The van der Waals surface area contributed by atoms with Gasteiger partial charge in [-0.25, -0.2) is 14.6 Å². The molecule has 1 saturated heterocycles. The summed E-state index contributed by atoms with van der Waals surface area (Å²) in [6.07, 6.45) is 4.83. The number of fused-ring (bicyclic) bond motifs is 1. The summed E-state index contributed by atoms with van der Waals surface area (Å²) >= 11 is 6.25. The van der Waals surface area contributed by atoms with Gasteiger partial charge in [-0.1, -0.05) is 29.8 Å². The van der Waals surface area contributed by atoms with E-state index in [1.807, 2.05) is 12.1 Å². The molecule has 0 aliphatic carbocycles. The molecule has 0 radical (unpaired) electrons. The predicted molar refractivity (Wildman–Crippen MR) is 108 cm³/mol. The lowest BCUT2D eigenvalue weighted by molar-refractivity contribution is 0.217. The Morgan fingerprint density at radius 1 is 1.22 bits per heavy atom. The summed E-state index contributed by atoms with van der Waals surface area (Å²) in [6.45, 7) is 2.20. The van der Waals surface area contributed by atoms with Crippen LogP contribution in [0.15, 0.2) is 41.3 Å². The molecule has 0 saturated carbocycles. The van der Waals surface area contributed by atoms with Crippen molar-refractivity contribution < 1.29 is 0 Å². The van der Waals surface area contributed by atoms with Gasteiger partial charge in [0, 0.05) is 28.6 Å². The fraction of sp³-hybridized carbons (Fsp3) is 0.350. The SMILES string of the molecule is CN1CCC(Cc2ncc3cc(-c4ccccc4Cl)c(=O)n(N)c3n2)CC1. The van der Waals surface area contributed by atoms with E-state index < -0.39 is 0 Å². The van der Waals surface area contributed by atoms with Gasteiger partial charge < -0.3 is 10.7 Å². The first-order valence-electron chi connectivity index (χ1n) is 9.13. The number of nitrogens with two attached hydrogens (primary N) is 1. The third kappa shape index (κ3) is 3.55. The Labute approximate surface area is 162 Å². The van der Waals surface area contributed by atoms with Crippen molar-refractivity contribution in [1.29, 1.82) is 0 Å². The Morgan fingerprint density at radius 2 is 1.96 bits per heavy atom. The van der Waals surface area contributed by atoms with Crippen molar-refractivity contribution in [3.63, 3.8) is 0 Å². The van der Waals surface area contributed by atoms with E-state index in [4.69, 9.17) is 17.4 Å².